The second-order valence-electron chi connectivity index (χ2n) is 5.88. The summed E-state index contributed by atoms with van der Waals surface area (Å²) in [7, 11) is 0. The molecule has 0 aromatic carbocycles. The Hall–Kier alpha value is -1.26. The van der Waals surface area contributed by atoms with Crippen molar-refractivity contribution in [1.29, 1.82) is 0 Å². The highest BCUT2D eigenvalue weighted by Crippen LogP contribution is 2.19. The molecule has 0 aliphatic heterocycles. The molecule has 1 amide bonds. The van der Waals surface area contributed by atoms with Gasteiger partial charge in [0.25, 0.3) is 0 Å². The summed E-state index contributed by atoms with van der Waals surface area (Å²) in [5, 5.41) is 14.3. The van der Waals surface area contributed by atoms with Crippen molar-refractivity contribution in [2.45, 2.75) is 41.0 Å². The number of rotatable bonds is 4. The molecule has 0 aromatic heterocycles. The molecule has 5 heteroatoms. The molecule has 0 rings (SSSR count). The second-order valence-corrected chi connectivity index (χ2v) is 5.88. The van der Waals surface area contributed by atoms with Crippen molar-refractivity contribution in [2.75, 3.05) is 6.54 Å². The van der Waals surface area contributed by atoms with Crippen LogP contribution in [0.5, 0.6) is 0 Å². The molecule has 0 unspecified atom stereocenters. The van der Waals surface area contributed by atoms with Gasteiger partial charge in [-0.05, 0) is 5.41 Å². The fourth-order valence-electron chi connectivity index (χ4n) is 1.09. The Morgan fingerprint density at radius 2 is 1.81 bits per heavy atom. The molecule has 0 atom stereocenters. The van der Waals surface area contributed by atoms with Crippen molar-refractivity contribution >= 4 is 11.7 Å². The number of amidine groups is 1. The van der Waals surface area contributed by atoms with Crippen LogP contribution in [0.15, 0.2) is 5.16 Å². The van der Waals surface area contributed by atoms with E-state index >= 15 is 0 Å². The zero-order valence-corrected chi connectivity index (χ0v) is 10.8. The van der Waals surface area contributed by atoms with E-state index in [0.717, 1.165) is 0 Å². The number of nitrogens with zero attached hydrogens (tertiary/aromatic N) is 1. The summed E-state index contributed by atoms with van der Waals surface area (Å²) in [4.78, 5) is 11.6. The molecule has 5 nitrogen and oxygen atoms in total. The van der Waals surface area contributed by atoms with Crippen LogP contribution in [0.1, 0.15) is 41.0 Å². The lowest BCUT2D eigenvalue weighted by Crippen LogP contribution is -2.43. The van der Waals surface area contributed by atoms with Gasteiger partial charge in [0.2, 0.25) is 5.91 Å². The number of carbonyl (C=O) groups excluding carboxylic acids is 1. The maximum absolute atomic E-state index is 11.6. The Morgan fingerprint density at radius 3 is 2.19 bits per heavy atom. The predicted octanol–water partition coefficient (Wildman–Crippen LogP) is 1.31. The minimum Gasteiger partial charge on any atom is -0.409 e. The Balaban J connectivity index is 4.21. The Bertz CT molecular complexity index is 277. The number of hydrogen-bond acceptors (Lipinski definition) is 3. The van der Waals surface area contributed by atoms with Crippen molar-refractivity contribution in [3.8, 4) is 0 Å². The molecule has 0 fully saturated rings. The van der Waals surface area contributed by atoms with Crippen LogP contribution in [0, 0.1) is 10.8 Å². The molecule has 0 saturated heterocycles. The van der Waals surface area contributed by atoms with E-state index in [9.17, 15) is 4.79 Å². The van der Waals surface area contributed by atoms with Crippen LogP contribution in [-0.2, 0) is 4.79 Å². The molecule has 0 aliphatic carbocycles. The molecule has 94 valence electrons. The monoisotopic (exact) mass is 229 g/mol. The highest BCUT2D eigenvalue weighted by Gasteiger charge is 2.25. The van der Waals surface area contributed by atoms with Crippen molar-refractivity contribution in [2.24, 2.45) is 21.7 Å². The zero-order valence-electron chi connectivity index (χ0n) is 10.8. The third kappa shape index (κ3) is 5.58. The van der Waals surface area contributed by atoms with Crippen molar-refractivity contribution in [3.63, 3.8) is 0 Å². The number of nitrogens with two attached hydrogens (primary N) is 1. The summed E-state index contributed by atoms with van der Waals surface area (Å²) in [6.45, 7) is 9.97. The van der Waals surface area contributed by atoms with Crippen LogP contribution in [-0.4, -0.2) is 23.5 Å². The average molecular weight is 229 g/mol. The van der Waals surface area contributed by atoms with Gasteiger partial charge in [0.1, 0.15) is 5.84 Å². The van der Waals surface area contributed by atoms with Crippen molar-refractivity contribution in [1.82, 2.24) is 5.32 Å². The second kappa shape index (κ2) is 5.18. The minimum absolute atomic E-state index is 0.0219. The maximum Gasteiger partial charge on any atom is 0.220 e. The molecule has 0 radical (unpaired) electrons. The zero-order chi connectivity index (χ0) is 13.0. The quantitative estimate of drug-likeness (QED) is 0.294. The van der Waals surface area contributed by atoms with Crippen molar-refractivity contribution < 1.29 is 10.0 Å². The standard InChI is InChI=1S/C11H23N3O2/c1-10(2,3)6-8(15)13-7-11(4,5)9(12)14-16/h16H,6-7H2,1-5H3,(H2,12,14)(H,13,15). The summed E-state index contributed by atoms with van der Waals surface area (Å²) < 4.78 is 0. The number of hydrogen-bond donors (Lipinski definition) is 3. The molecule has 0 heterocycles. The third-order valence-electron chi connectivity index (χ3n) is 2.22. The maximum atomic E-state index is 11.6. The van der Waals surface area contributed by atoms with E-state index < -0.39 is 5.41 Å². The number of nitrogens with one attached hydrogen (secondary N) is 1. The van der Waals surface area contributed by atoms with E-state index in [1.165, 1.54) is 0 Å². The van der Waals surface area contributed by atoms with Gasteiger partial charge in [-0.3, -0.25) is 4.79 Å². The largest absolute Gasteiger partial charge is 0.409 e. The molecule has 0 saturated carbocycles. The topological polar surface area (TPSA) is 87.7 Å². The lowest BCUT2D eigenvalue weighted by atomic mass is 9.90. The van der Waals surface area contributed by atoms with Crippen LogP contribution >= 0.6 is 0 Å². The molecule has 0 aliphatic rings. The van der Waals surface area contributed by atoms with Gasteiger partial charge >= 0.3 is 0 Å². The van der Waals surface area contributed by atoms with Gasteiger partial charge in [0.15, 0.2) is 0 Å². The summed E-state index contributed by atoms with van der Waals surface area (Å²) in [5.41, 5.74) is 4.94. The summed E-state index contributed by atoms with van der Waals surface area (Å²) in [6, 6.07) is 0. The number of carbonyl (C=O) groups is 1. The van der Waals surface area contributed by atoms with Gasteiger partial charge in [0, 0.05) is 18.4 Å². The van der Waals surface area contributed by atoms with Gasteiger partial charge < -0.3 is 16.3 Å². The van der Waals surface area contributed by atoms with E-state index in [-0.39, 0.29) is 17.2 Å². The Morgan fingerprint density at radius 1 is 1.31 bits per heavy atom. The minimum atomic E-state index is -0.539. The molecule has 0 aromatic rings. The van der Waals surface area contributed by atoms with E-state index in [0.29, 0.717) is 13.0 Å². The SMILES string of the molecule is CC(C)(C)CC(=O)NCC(C)(C)C(N)=NO. The average Bonchev–Trinajstić information content (AvgIpc) is 2.11. The normalized spacial score (nSPS) is 13.7. The smallest absolute Gasteiger partial charge is 0.220 e. The molecular weight excluding hydrogens is 206 g/mol. The van der Waals surface area contributed by atoms with Crippen LogP contribution in [0.3, 0.4) is 0 Å². The Kier molecular flexibility index (Phi) is 4.78. The molecule has 4 N–H and O–H groups in total. The summed E-state index contributed by atoms with van der Waals surface area (Å²) >= 11 is 0. The lowest BCUT2D eigenvalue weighted by Gasteiger charge is -2.24. The van der Waals surface area contributed by atoms with Crippen molar-refractivity contribution in [3.05, 3.63) is 0 Å². The van der Waals surface area contributed by atoms with Crippen LogP contribution in [0.2, 0.25) is 0 Å². The van der Waals surface area contributed by atoms with Gasteiger partial charge in [-0.25, -0.2) is 0 Å². The highest BCUT2D eigenvalue weighted by molar-refractivity contribution is 5.86. The first kappa shape index (κ1) is 14.7. The van der Waals surface area contributed by atoms with E-state index in [4.69, 9.17) is 10.9 Å². The van der Waals surface area contributed by atoms with Crippen LogP contribution < -0.4 is 11.1 Å². The summed E-state index contributed by atoms with van der Waals surface area (Å²) in [6.07, 6.45) is 0.458. The lowest BCUT2D eigenvalue weighted by molar-refractivity contribution is -0.123. The first-order chi connectivity index (χ1) is 7.08. The van der Waals surface area contributed by atoms with E-state index in [1.807, 2.05) is 20.8 Å². The Labute approximate surface area is 97.1 Å². The molecule has 0 spiro atoms. The molecule has 0 bridgehead atoms. The third-order valence-corrected chi connectivity index (χ3v) is 2.22. The van der Waals surface area contributed by atoms with Gasteiger partial charge in [-0.1, -0.05) is 39.8 Å². The predicted molar refractivity (Wildman–Crippen MR) is 64.3 cm³/mol. The summed E-state index contributed by atoms with van der Waals surface area (Å²) in [5.74, 6) is 0.0925. The first-order valence-corrected chi connectivity index (χ1v) is 5.33. The van der Waals surface area contributed by atoms with E-state index in [1.54, 1.807) is 13.8 Å². The fourth-order valence-corrected chi connectivity index (χ4v) is 1.09. The number of oxime groups is 1. The molecular formula is C11H23N3O2. The number of amides is 1. The van der Waals surface area contributed by atoms with Gasteiger partial charge in [0.05, 0.1) is 0 Å². The van der Waals surface area contributed by atoms with Gasteiger partial charge in [-0.2, -0.15) is 0 Å². The highest BCUT2D eigenvalue weighted by atomic mass is 16.4. The van der Waals surface area contributed by atoms with E-state index in [2.05, 4.69) is 10.5 Å². The molecule has 16 heavy (non-hydrogen) atoms. The van der Waals surface area contributed by atoms with Crippen LogP contribution in [0.25, 0.3) is 0 Å². The van der Waals surface area contributed by atoms with Gasteiger partial charge in [-0.15, -0.1) is 0 Å². The fraction of sp³-hybridized carbons (Fsp3) is 0.818. The first-order valence-electron chi connectivity index (χ1n) is 5.33. The van der Waals surface area contributed by atoms with Crippen LogP contribution in [0.4, 0.5) is 0 Å².